The summed E-state index contributed by atoms with van der Waals surface area (Å²) in [5.41, 5.74) is 3.48. The fourth-order valence-corrected chi connectivity index (χ4v) is 3.66. The summed E-state index contributed by atoms with van der Waals surface area (Å²) in [6.45, 7) is 7.05. The van der Waals surface area contributed by atoms with Gasteiger partial charge in [-0.25, -0.2) is 0 Å². The first kappa shape index (κ1) is 17.0. The number of carbonyl (C=O) groups is 1. The first-order valence-corrected chi connectivity index (χ1v) is 8.86. The minimum absolute atomic E-state index is 0.0287. The van der Waals surface area contributed by atoms with Gasteiger partial charge in [0.15, 0.2) is 0 Å². The number of benzene rings is 2. The third kappa shape index (κ3) is 3.49. The molecule has 1 heterocycles. The van der Waals surface area contributed by atoms with E-state index in [4.69, 9.17) is 11.6 Å². The van der Waals surface area contributed by atoms with E-state index in [-0.39, 0.29) is 17.4 Å². The van der Waals surface area contributed by atoms with E-state index in [2.05, 4.69) is 39.0 Å². The standard InChI is InChI=1S/C21H24ClNO/c1-21(2,3)14-19(24)23-13-12-15-8-4-5-9-16(15)20(23)17-10-6-7-11-18(17)22/h4-11,20H,12-14H2,1-3H3/t20-/m1/s1. The summed E-state index contributed by atoms with van der Waals surface area (Å²) in [7, 11) is 0. The average molecular weight is 342 g/mol. The zero-order valence-corrected chi connectivity index (χ0v) is 15.3. The molecule has 1 amide bonds. The molecule has 0 aromatic heterocycles. The van der Waals surface area contributed by atoms with Gasteiger partial charge in [-0.05, 0) is 34.6 Å². The van der Waals surface area contributed by atoms with Crippen LogP contribution < -0.4 is 0 Å². The minimum Gasteiger partial charge on any atom is -0.331 e. The highest BCUT2D eigenvalue weighted by Gasteiger charge is 2.34. The molecule has 0 unspecified atom stereocenters. The monoisotopic (exact) mass is 341 g/mol. The van der Waals surface area contributed by atoms with Crippen molar-refractivity contribution in [3.63, 3.8) is 0 Å². The number of carbonyl (C=O) groups excluding carboxylic acids is 1. The van der Waals surface area contributed by atoms with Gasteiger partial charge in [0.05, 0.1) is 6.04 Å². The number of fused-ring (bicyclic) bond motifs is 1. The van der Waals surface area contributed by atoms with Crippen molar-refractivity contribution in [3.05, 3.63) is 70.2 Å². The van der Waals surface area contributed by atoms with Crippen LogP contribution in [-0.4, -0.2) is 17.4 Å². The normalized spacial score (nSPS) is 17.5. The van der Waals surface area contributed by atoms with E-state index in [0.717, 1.165) is 18.5 Å². The van der Waals surface area contributed by atoms with E-state index < -0.39 is 0 Å². The van der Waals surface area contributed by atoms with E-state index in [9.17, 15) is 4.79 Å². The molecule has 0 fully saturated rings. The number of nitrogens with zero attached hydrogens (tertiary/aromatic N) is 1. The smallest absolute Gasteiger partial charge is 0.223 e. The molecule has 0 saturated heterocycles. The zero-order chi connectivity index (χ0) is 17.3. The van der Waals surface area contributed by atoms with Gasteiger partial charge in [0.2, 0.25) is 5.91 Å². The van der Waals surface area contributed by atoms with Crippen LogP contribution in [0.25, 0.3) is 0 Å². The second kappa shape index (κ2) is 6.60. The molecule has 1 atom stereocenters. The van der Waals surface area contributed by atoms with Gasteiger partial charge in [-0.1, -0.05) is 74.8 Å². The molecule has 0 saturated carbocycles. The van der Waals surface area contributed by atoms with Crippen molar-refractivity contribution in [2.45, 2.75) is 39.7 Å². The predicted octanol–water partition coefficient (Wildman–Crippen LogP) is 5.25. The maximum absolute atomic E-state index is 13.0. The molecule has 0 radical (unpaired) electrons. The molecular weight excluding hydrogens is 318 g/mol. The molecule has 24 heavy (non-hydrogen) atoms. The molecule has 2 nitrogen and oxygen atoms in total. The molecule has 2 aromatic rings. The lowest BCUT2D eigenvalue weighted by Gasteiger charge is -2.39. The van der Waals surface area contributed by atoms with Crippen LogP contribution in [0.15, 0.2) is 48.5 Å². The molecule has 1 aliphatic heterocycles. The topological polar surface area (TPSA) is 20.3 Å². The predicted molar refractivity (Wildman–Crippen MR) is 99.2 cm³/mol. The van der Waals surface area contributed by atoms with Crippen LogP contribution in [0.3, 0.4) is 0 Å². The molecule has 126 valence electrons. The molecule has 3 rings (SSSR count). The lowest BCUT2D eigenvalue weighted by atomic mass is 9.86. The van der Waals surface area contributed by atoms with Gasteiger partial charge in [-0.15, -0.1) is 0 Å². The Hall–Kier alpha value is -1.80. The van der Waals surface area contributed by atoms with E-state index in [1.165, 1.54) is 11.1 Å². The Bertz CT molecular complexity index is 747. The van der Waals surface area contributed by atoms with E-state index in [1.807, 2.05) is 35.2 Å². The molecule has 1 aliphatic rings. The van der Waals surface area contributed by atoms with Crippen LogP contribution in [0.1, 0.15) is 49.9 Å². The summed E-state index contributed by atoms with van der Waals surface area (Å²) in [6, 6.07) is 16.2. The maximum atomic E-state index is 13.0. The highest BCUT2D eigenvalue weighted by Crippen LogP contribution is 2.39. The number of halogens is 1. The van der Waals surface area contributed by atoms with Crippen LogP contribution in [0.4, 0.5) is 0 Å². The van der Waals surface area contributed by atoms with Gasteiger partial charge in [-0.2, -0.15) is 0 Å². The van der Waals surface area contributed by atoms with Crippen LogP contribution in [-0.2, 0) is 11.2 Å². The van der Waals surface area contributed by atoms with Crippen molar-refractivity contribution in [2.24, 2.45) is 5.41 Å². The van der Waals surface area contributed by atoms with Crippen molar-refractivity contribution in [1.29, 1.82) is 0 Å². The Morgan fingerprint density at radius 3 is 2.38 bits per heavy atom. The van der Waals surface area contributed by atoms with Crippen molar-refractivity contribution in [3.8, 4) is 0 Å². The fourth-order valence-electron chi connectivity index (χ4n) is 3.42. The maximum Gasteiger partial charge on any atom is 0.223 e. The Morgan fingerprint density at radius 1 is 1.08 bits per heavy atom. The molecule has 0 aliphatic carbocycles. The summed E-state index contributed by atoms with van der Waals surface area (Å²) in [5.74, 6) is 0.196. The van der Waals surface area contributed by atoms with Gasteiger partial charge in [-0.3, -0.25) is 4.79 Å². The van der Waals surface area contributed by atoms with Crippen molar-refractivity contribution >= 4 is 17.5 Å². The highest BCUT2D eigenvalue weighted by atomic mass is 35.5. The average Bonchev–Trinajstić information content (AvgIpc) is 2.53. The molecular formula is C21H24ClNO. The first-order valence-electron chi connectivity index (χ1n) is 8.48. The van der Waals surface area contributed by atoms with Crippen LogP contribution in [0.5, 0.6) is 0 Å². The van der Waals surface area contributed by atoms with Crippen LogP contribution in [0, 0.1) is 5.41 Å². The summed E-state index contributed by atoms with van der Waals surface area (Å²) in [4.78, 5) is 15.0. The molecule has 0 spiro atoms. The highest BCUT2D eigenvalue weighted by molar-refractivity contribution is 6.31. The fraction of sp³-hybridized carbons (Fsp3) is 0.381. The summed E-state index contributed by atoms with van der Waals surface area (Å²) in [6.07, 6.45) is 1.43. The minimum atomic E-state index is -0.0986. The third-order valence-electron chi connectivity index (χ3n) is 4.49. The van der Waals surface area contributed by atoms with Gasteiger partial charge in [0, 0.05) is 18.0 Å². The van der Waals surface area contributed by atoms with Crippen molar-refractivity contribution in [1.82, 2.24) is 4.90 Å². The summed E-state index contributed by atoms with van der Waals surface area (Å²) < 4.78 is 0. The SMILES string of the molecule is CC(C)(C)CC(=O)N1CCc2ccccc2[C@@H]1c1ccccc1Cl. The summed E-state index contributed by atoms with van der Waals surface area (Å²) >= 11 is 6.49. The van der Waals surface area contributed by atoms with Crippen LogP contribution >= 0.6 is 11.6 Å². The number of amides is 1. The number of rotatable bonds is 2. The van der Waals surface area contributed by atoms with Crippen molar-refractivity contribution < 1.29 is 4.79 Å². The Kier molecular flexibility index (Phi) is 4.69. The molecule has 0 bridgehead atoms. The second-order valence-corrected chi connectivity index (χ2v) is 8.10. The van der Waals surface area contributed by atoms with E-state index in [1.54, 1.807) is 0 Å². The Morgan fingerprint density at radius 2 is 1.71 bits per heavy atom. The van der Waals surface area contributed by atoms with Crippen LogP contribution in [0.2, 0.25) is 5.02 Å². The first-order chi connectivity index (χ1) is 11.4. The number of hydrogen-bond donors (Lipinski definition) is 0. The van der Waals surface area contributed by atoms with Crippen molar-refractivity contribution in [2.75, 3.05) is 6.54 Å². The lowest BCUT2D eigenvalue weighted by molar-refractivity contribution is -0.135. The number of hydrogen-bond acceptors (Lipinski definition) is 1. The largest absolute Gasteiger partial charge is 0.331 e. The lowest BCUT2D eigenvalue weighted by Crippen LogP contribution is -2.42. The van der Waals surface area contributed by atoms with Gasteiger partial charge in [0.1, 0.15) is 0 Å². The van der Waals surface area contributed by atoms with E-state index in [0.29, 0.717) is 11.4 Å². The molecule has 3 heteroatoms. The molecule has 0 N–H and O–H groups in total. The Labute approximate surface area is 149 Å². The van der Waals surface area contributed by atoms with Gasteiger partial charge < -0.3 is 4.90 Å². The van der Waals surface area contributed by atoms with E-state index >= 15 is 0 Å². The second-order valence-electron chi connectivity index (χ2n) is 7.70. The Balaban J connectivity index is 2.06. The zero-order valence-electron chi connectivity index (χ0n) is 14.6. The quantitative estimate of drug-likeness (QED) is 0.730. The third-order valence-corrected chi connectivity index (χ3v) is 4.83. The molecule has 2 aromatic carbocycles. The van der Waals surface area contributed by atoms with Gasteiger partial charge >= 0.3 is 0 Å². The van der Waals surface area contributed by atoms with Gasteiger partial charge in [0.25, 0.3) is 0 Å². The summed E-state index contributed by atoms with van der Waals surface area (Å²) in [5, 5.41) is 0.716.